The molecule has 0 aliphatic rings. The van der Waals surface area contributed by atoms with E-state index >= 15 is 0 Å². The number of nitrogens with zero attached hydrogens (tertiary/aromatic N) is 1. The Morgan fingerprint density at radius 3 is 2.30 bits per heavy atom. The lowest BCUT2D eigenvalue weighted by Crippen LogP contribution is -2.47. The molecule has 116 valence electrons. The summed E-state index contributed by atoms with van der Waals surface area (Å²) in [5.41, 5.74) is -1.19. The Kier molecular flexibility index (Phi) is 7.63. The number of amides is 3. The minimum absolute atomic E-state index is 0.0466. The van der Waals surface area contributed by atoms with Crippen LogP contribution in [0.2, 0.25) is 0 Å². The van der Waals surface area contributed by atoms with Gasteiger partial charge in [-0.2, -0.15) is 11.8 Å². The Morgan fingerprint density at radius 1 is 1.35 bits per heavy atom. The summed E-state index contributed by atoms with van der Waals surface area (Å²) in [7, 11) is 1.63. The molecule has 3 amide bonds. The van der Waals surface area contributed by atoms with Crippen molar-refractivity contribution in [3.63, 3.8) is 0 Å². The highest BCUT2D eigenvalue weighted by atomic mass is 32.2. The van der Waals surface area contributed by atoms with Crippen LogP contribution in [0, 0.1) is 5.41 Å². The maximum Gasteiger partial charge on any atom is 0.324 e. The van der Waals surface area contributed by atoms with E-state index in [2.05, 4.69) is 5.32 Å². The number of thioether (sulfide) groups is 1. The number of carboxylic acids is 1. The lowest BCUT2D eigenvalue weighted by atomic mass is 9.89. The SMILES string of the molecule is CCC(CSC)N(C)C(=O)NC(=O)CC(C)(C)C(=O)O. The van der Waals surface area contributed by atoms with Crippen LogP contribution in [0.25, 0.3) is 0 Å². The molecular formula is C13H24N2O4S. The van der Waals surface area contributed by atoms with Gasteiger partial charge in [0.15, 0.2) is 0 Å². The molecule has 0 aliphatic heterocycles. The zero-order valence-electron chi connectivity index (χ0n) is 12.7. The number of carbonyl (C=O) groups is 3. The second kappa shape index (κ2) is 8.14. The number of nitrogens with one attached hydrogen (secondary N) is 1. The van der Waals surface area contributed by atoms with E-state index in [0.29, 0.717) is 0 Å². The van der Waals surface area contributed by atoms with Gasteiger partial charge in [0.2, 0.25) is 5.91 Å². The third-order valence-corrected chi connectivity index (χ3v) is 3.84. The molecular weight excluding hydrogens is 280 g/mol. The van der Waals surface area contributed by atoms with Gasteiger partial charge >= 0.3 is 12.0 Å². The minimum atomic E-state index is -1.19. The van der Waals surface area contributed by atoms with E-state index in [1.165, 1.54) is 18.7 Å². The first kappa shape index (κ1) is 18.8. The molecule has 7 heteroatoms. The number of rotatable bonds is 7. The Bertz CT molecular complexity index is 371. The molecule has 0 bridgehead atoms. The Morgan fingerprint density at radius 2 is 1.90 bits per heavy atom. The van der Waals surface area contributed by atoms with Gasteiger partial charge in [0.1, 0.15) is 0 Å². The normalized spacial score (nSPS) is 12.7. The van der Waals surface area contributed by atoms with Crippen molar-refractivity contribution in [1.29, 1.82) is 0 Å². The largest absolute Gasteiger partial charge is 0.481 e. The van der Waals surface area contributed by atoms with Gasteiger partial charge in [0, 0.05) is 25.3 Å². The molecule has 6 nitrogen and oxygen atoms in total. The molecule has 0 aromatic heterocycles. The lowest BCUT2D eigenvalue weighted by molar-refractivity contribution is -0.149. The predicted octanol–water partition coefficient (Wildman–Crippen LogP) is 1.80. The highest BCUT2D eigenvalue weighted by Crippen LogP contribution is 2.20. The van der Waals surface area contributed by atoms with Crippen molar-refractivity contribution in [1.82, 2.24) is 10.2 Å². The van der Waals surface area contributed by atoms with Crippen LogP contribution in [0.3, 0.4) is 0 Å². The summed E-state index contributed by atoms with van der Waals surface area (Å²) >= 11 is 1.63. The quantitative estimate of drug-likeness (QED) is 0.749. The predicted molar refractivity (Wildman–Crippen MR) is 79.8 cm³/mol. The fraction of sp³-hybridized carbons (Fsp3) is 0.769. The number of urea groups is 1. The molecule has 1 atom stereocenters. The fourth-order valence-corrected chi connectivity index (χ4v) is 2.43. The topological polar surface area (TPSA) is 86.7 Å². The fourth-order valence-electron chi connectivity index (χ4n) is 1.59. The highest BCUT2D eigenvalue weighted by molar-refractivity contribution is 7.98. The molecule has 0 aliphatic carbocycles. The third-order valence-electron chi connectivity index (χ3n) is 3.13. The van der Waals surface area contributed by atoms with Crippen LogP contribution in [0.4, 0.5) is 4.79 Å². The summed E-state index contributed by atoms with van der Waals surface area (Å²) in [4.78, 5) is 36.1. The van der Waals surface area contributed by atoms with E-state index in [0.717, 1.165) is 12.2 Å². The van der Waals surface area contributed by atoms with Crippen molar-refractivity contribution in [3.8, 4) is 0 Å². The molecule has 2 N–H and O–H groups in total. The van der Waals surface area contributed by atoms with E-state index in [1.54, 1.807) is 18.8 Å². The van der Waals surface area contributed by atoms with Crippen molar-refractivity contribution in [2.45, 2.75) is 39.7 Å². The van der Waals surface area contributed by atoms with Gasteiger partial charge in [-0.3, -0.25) is 14.9 Å². The Labute approximate surface area is 124 Å². The number of hydrogen-bond acceptors (Lipinski definition) is 4. The standard InChI is InChI=1S/C13H24N2O4S/c1-6-9(8-20-5)15(4)12(19)14-10(16)7-13(2,3)11(17)18/h9H,6-8H2,1-5H3,(H,17,18)(H,14,16,19). The summed E-state index contributed by atoms with van der Waals surface area (Å²) in [5.74, 6) is -0.856. The Balaban J connectivity index is 4.53. The molecule has 1 unspecified atom stereocenters. The molecule has 0 rings (SSSR count). The summed E-state index contributed by atoms with van der Waals surface area (Å²) in [5, 5.41) is 11.2. The first-order valence-corrected chi connectivity index (χ1v) is 7.84. The second-order valence-corrected chi connectivity index (χ2v) is 6.26. The molecule has 0 aromatic rings. The van der Waals surface area contributed by atoms with Gasteiger partial charge in [0.05, 0.1) is 5.41 Å². The van der Waals surface area contributed by atoms with Gasteiger partial charge < -0.3 is 10.0 Å². The first-order valence-electron chi connectivity index (χ1n) is 6.44. The average molecular weight is 304 g/mol. The molecule has 20 heavy (non-hydrogen) atoms. The van der Waals surface area contributed by atoms with Crippen LogP contribution in [0.1, 0.15) is 33.6 Å². The number of aliphatic carboxylic acids is 1. The molecule has 0 heterocycles. The van der Waals surface area contributed by atoms with E-state index in [4.69, 9.17) is 5.11 Å². The molecule has 0 saturated heterocycles. The van der Waals surface area contributed by atoms with Gasteiger partial charge in [-0.15, -0.1) is 0 Å². The van der Waals surface area contributed by atoms with Crippen molar-refractivity contribution in [2.75, 3.05) is 19.1 Å². The van der Waals surface area contributed by atoms with Crippen molar-refractivity contribution >= 4 is 29.7 Å². The maximum atomic E-state index is 11.9. The Hall–Kier alpha value is -1.24. The molecule has 0 spiro atoms. The van der Waals surface area contributed by atoms with E-state index in [1.807, 2.05) is 13.2 Å². The summed E-state index contributed by atoms with van der Waals surface area (Å²) in [6.07, 6.45) is 2.51. The maximum absolute atomic E-state index is 11.9. The monoisotopic (exact) mass is 304 g/mol. The number of imide groups is 1. The summed E-state index contributed by atoms with van der Waals surface area (Å²) in [6, 6.07) is -0.442. The third kappa shape index (κ3) is 5.81. The van der Waals surface area contributed by atoms with Crippen LogP contribution >= 0.6 is 11.8 Å². The molecule has 0 fully saturated rings. The van der Waals surface area contributed by atoms with E-state index in [9.17, 15) is 14.4 Å². The minimum Gasteiger partial charge on any atom is -0.481 e. The smallest absolute Gasteiger partial charge is 0.324 e. The second-order valence-electron chi connectivity index (χ2n) is 5.35. The van der Waals surface area contributed by atoms with Gasteiger partial charge in [-0.1, -0.05) is 6.92 Å². The highest BCUT2D eigenvalue weighted by Gasteiger charge is 2.31. The van der Waals surface area contributed by atoms with E-state index < -0.39 is 23.3 Å². The van der Waals surface area contributed by atoms with Crippen LogP contribution in [0.5, 0.6) is 0 Å². The number of hydrogen-bond donors (Lipinski definition) is 2. The van der Waals surface area contributed by atoms with Gasteiger partial charge in [0.25, 0.3) is 0 Å². The first-order chi connectivity index (χ1) is 9.15. The van der Waals surface area contributed by atoms with Crippen LogP contribution in [0.15, 0.2) is 0 Å². The van der Waals surface area contributed by atoms with Crippen LogP contribution < -0.4 is 5.32 Å². The van der Waals surface area contributed by atoms with Gasteiger partial charge in [-0.25, -0.2) is 4.79 Å². The molecule has 0 aromatic carbocycles. The van der Waals surface area contributed by atoms with Crippen molar-refractivity contribution < 1.29 is 19.5 Å². The van der Waals surface area contributed by atoms with Crippen LogP contribution in [-0.4, -0.2) is 53.0 Å². The van der Waals surface area contributed by atoms with E-state index in [-0.39, 0.29) is 12.5 Å². The number of carboxylic acid groups (broad SMARTS) is 1. The lowest BCUT2D eigenvalue weighted by Gasteiger charge is -2.27. The summed E-state index contributed by atoms with van der Waals surface area (Å²) in [6.45, 7) is 4.87. The zero-order chi connectivity index (χ0) is 15.9. The van der Waals surface area contributed by atoms with Crippen molar-refractivity contribution in [2.24, 2.45) is 5.41 Å². The molecule has 0 radical (unpaired) electrons. The van der Waals surface area contributed by atoms with Gasteiger partial charge in [-0.05, 0) is 26.5 Å². The summed E-state index contributed by atoms with van der Waals surface area (Å²) < 4.78 is 0. The molecule has 0 saturated carbocycles. The zero-order valence-corrected chi connectivity index (χ0v) is 13.5. The average Bonchev–Trinajstić information content (AvgIpc) is 2.33. The number of carbonyl (C=O) groups excluding carboxylic acids is 2. The van der Waals surface area contributed by atoms with Crippen molar-refractivity contribution in [3.05, 3.63) is 0 Å². The van der Waals surface area contributed by atoms with Crippen LogP contribution in [-0.2, 0) is 9.59 Å².